The maximum atomic E-state index is 14.1. The Bertz CT molecular complexity index is 1300. The first-order chi connectivity index (χ1) is 18.5. The fourth-order valence-corrected chi connectivity index (χ4v) is 7.15. The molecule has 3 aromatic carbocycles. The summed E-state index contributed by atoms with van der Waals surface area (Å²) in [7, 11) is -2.12. The summed E-state index contributed by atoms with van der Waals surface area (Å²) in [5, 5.41) is 0. The van der Waals surface area contributed by atoms with Crippen LogP contribution in [0.5, 0.6) is 5.75 Å². The van der Waals surface area contributed by atoms with Gasteiger partial charge in [-0.15, -0.1) is 0 Å². The molecule has 3 aromatic rings. The second kappa shape index (κ2) is 11.9. The van der Waals surface area contributed by atoms with Gasteiger partial charge in [0, 0.05) is 31.5 Å². The van der Waals surface area contributed by atoms with E-state index in [2.05, 4.69) is 4.90 Å². The minimum Gasteiger partial charge on any atom is -0.485 e. The molecule has 1 saturated heterocycles. The van der Waals surface area contributed by atoms with Crippen molar-refractivity contribution in [3.8, 4) is 5.75 Å². The molecule has 0 bridgehead atoms. The fraction of sp³-hybridized carbons (Fsp3) is 0.400. The van der Waals surface area contributed by atoms with Crippen molar-refractivity contribution in [3.05, 3.63) is 90.0 Å². The van der Waals surface area contributed by atoms with Crippen LogP contribution in [0.3, 0.4) is 0 Å². The summed E-state index contributed by atoms with van der Waals surface area (Å²) in [4.78, 5) is 2.48. The Morgan fingerprint density at radius 1 is 1.00 bits per heavy atom. The van der Waals surface area contributed by atoms with Crippen LogP contribution in [0.4, 0.5) is 5.69 Å². The second-order valence-electron chi connectivity index (χ2n) is 9.98. The van der Waals surface area contributed by atoms with Gasteiger partial charge in [-0.05, 0) is 43.0 Å². The average molecular weight is 537 g/mol. The topological polar surface area (TPSA) is 68.3 Å². The summed E-state index contributed by atoms with van der Waals surface area (Å²) in [5.74, 6) is 0.377. The third-order valence-electron chi connectivity index (χ3n) is 7.39. The lowest BCUT2D eigenvalue weighted by molar-refractivity contribution is 0.0313. The Kier molecular flexibility index (Phi) is 8.33. The number of hydrogen-bond donors (Lipinski definition) is 0. The van der Waals surface area contributed by atoms with E-state index in [1.807, 2.05) is 79.7 Å². The van der Waals surface area contributed by atoms with Crippen LogP contribution in [0.1, 0.15) is 36.9 Å². The Morgan fingerprint density at radius 2 is 1.74 bits per heavy atom. The van der Waals surface area contributed by atoms with Gasteiger partial charge in [0.25, 0.3) is 0 Å². The number of fused-ring (bicyclic) bond motifs is 1. The highest BCUT2D eigenvalue weighted by atomic mass is 32.2. The largest absolute Gasteiger partial charge is 0.485 e. The predicted molar refractivity (Wildman–Crippen MR) is 148 cm³/mol. The van der Waals surface area contributed by atoms with Crippen molar-refractivity contribution in [1.29, 1.82) is 0 Å². The third-order valence-corrected chi connectivity index (χ3v) is 9.36. The molecule has 0 aromatic heterocycles. The first kappa shape index (κ1) is 26.7. The molecule has 2 heterocycles. The smallest absolute Gasteiger partial charge is 0.247 e. The summed E-state index contributed by atoms with van der Waals surface area (Å²) in [6.07, 6.45) is 1.65. The Labute approximate surface area is 226 Å². The van der Waals surface area contributed by atoms with Crippen molar-refractivity contribution in [3.63, 3.8) is 0 Å². The molecule has 0 N–H and O–H groups in total. The molecule has 0 unspecified atom stereocenters. The quantitative estimate of drug-likeness (QED) is 0.382. The van der Waals surface area contributed by atoms with Crippen molar-refractivity contribution in [2.75, 3.05) is 38.3 Å². The van der Waals surface area contributed by atoms with E-state index in [0.717, 1.165) is 36.2 Å². The number of hydrogen-bond acceptors (Lipinski definition) is 6. The Morgan fingerprint density at radius 3 is 2.47 bits per heavy atom. The van der Waals surface area contributed by atoms with Crippen LogP contribution in [-0.2, 0) is 26.1 Å². The monoisotopic (exact) mass is 536 g/mol. The van der Waals surface area contributed by atoms with Gasteiger partial charge in [0.2, 0.25) is 10.0 Å². The number of ether oxygens (including phenoxy) is 3. The molecule has 38 heavy (non-hydrogen) atoms. The van der Waals surface area contributed by atoms with Crippen molar-refractivity contribution < 1.29 is 22.6 Å². The van der Waals surface area contributed by atoms with E-state index >= 15 is 0 Å². The Balaban J connectivity index is 1.46. The van der Waals surface area contributed by atoms with Gasteiger partial charge in [0.15, 0.2) is 0 Å². The molecule has 0 spiro atoms. The van der Waals surface area contributed by atoms with Crippen molar-refractivity contribution in [2.24, 2.45) is 0 Å². The average Bonchev–Trinajstić information content (AvgIpc) is 3.36. The highest BCUT2D eigenvalue weighted by Gasteiger charge is 2.39. The van der Waals surface area contributed by atoms with Crippen molar-refractivity contribution >= 4 is 15.7 Å². The molecule has 2 aliphatic rings. The minimum absolute atomic E-state index is 0.188. The van der Waals surface area contributed by atoms with Crippen molar-refractivity contribution in [1.82, 2.24) is 4.31 Å². The molecule has 0 amide bonds. The first-order valence-corrected chi connectivity index (χ1v) is 14.7. The normalized spacial score (nSPS) is 21.9. The summed E-state index contributed by atoms with van der Waals surface area (Å²) in [6, 6.07) is 25.0. The van der Waals surface area contributed by atoms with E-state index in [1.54, 1.807) is 17.5 Å². The molecule has 0 radical (unpaired) electrons. The molecule has 0 aliphatic carbocycles. The van der Waals surface area contributed by atoms with Crippen LogP contribution in [0.25, 0.3) is 0 Å². The summed E-state index contributed by atoms with van der Waals surface area (Å²) >= 11 is 0. The maximum Gasteiger partial charge on any atom is 0.247 e. The van der Waals surface area contributed by atoms with Crippen LogP contribution >= 0.6 is 0 Å². The van der Waals surface area contributed by atoms with Gasteiger partial charge in [-0.2, -0.15) is 4.31 Å². The zero-order valence-electron chi connectivity index (χ0n) is 22.0. The van der Waals surface area contributed by atoms with E-state index < -0.39 is 16.1 Å². The molecule has 1 fully saturated rings. The zero-order valence-corrected chi connectivity index (χ0v) is 22.8. The molecule has 8 heteroatoms. The highest BCUT2D eigenvalue weighted by molar-refractivity contribution is 7.89. The Hall–Kier alpha value is -2.91. The van der Waals surface area contributed by atoms with Gasteiger partial charge in [-0.1, -0.05) is 60.7 Å². The number of rotatable bonds is 9. The van der Waals surface area contributed by atoms with Gasteiger partial charge in [0.05, 0.1) is 32.4 Å². The summed E-state index contributed by atoms with van der Waals surface area (Å²) in [6.45, 7) is 4.35. The van der Waals surface area contributed by atoms with Gasteiger partial charge in [0.1, 0.15) is 16.7 Å². The molecule has 5 rings (SSSR count). The number of anilines is 1. The summed E-state index contributed by atoms with van der Waals surface area (Å²) < 4.78 is 47.6. The number of sulfonamides is 1. The van der Waals surface area contributed by atoms with Crippen LogP contribution in [0.15, 0.2) is 83.8 Å². The van der Waals surface area contributed by atoms with Crippen LogP contribution < -0.4 is 9.64 Å². The van der Waals surface area contributed by atoms with Gasteiger partial charge in [-0.25, -0.2) is 8.42 Å². The number of methoxy groups -OCH3 is 1. The lowest BCUT2D eigenvalue weighted by Crippen LogP contribution is -2.40. The van der Waals surface area contributed by atoms with Crippen LogP contribution in [-0.4, -0.2) is 58.3 Å². The van der Waals surface area contributed by atoms with Crippen molar-refractivity contribution in [2.45, 2.75) is 49.5 Å². The standard InChI is InChI=1S/C30H36N2O5S/c1-23(25-12-7-4-8-13-25)32-19-28(22-36-20-24-10-5-3-6-11-24)37-29-18-26(15-16-30(29)38(32,33)34)31-17-9-14-27(31)21-35-2/h3-8,10-13,15-16,18,23,27-28H,9,14,17,19-22H2,1-2H3/t23-,27-,28-/m0/s1. The van der Waals surface area contributed by atoms with E-state index in [4.69, 9.17) is 14.2 Å². The fourth-order valence-electron chi connectivity index (χ4n) is 5.40. The highest BCUT2D eigenvalue weighted by Crippen LogP contribution is 2.39. The third kappa shape index (κ3) is 5.73. The molecular formula is C30H36N2O5S. The predicted octanol–water partition coefficient (Wildman–Crippen LogP) is 5.03. The first-order valence-electron chi connectivity index (χ1n) is 13.2. The van der Waals surface area contributed by atoms with Crippen LogP contribution in [0, 0.1) is 0 Å². The SMILES string of the molecule is COC[C@@H]1CCCN1c1ccc2c(c1)O[C@H](COCc1ccccc1)CN([C@@H](C)c1ccccc1)S2(=O)=O. The lowest BCUT2D eigenvalue weighted by Gasteiger charge is -2.29. The molecule has 202 valence electrons. The van der Waals surface area contributed by atoms with E-state index in [1.165, 1.54) is 0 Å². The molecular weight excluding hydrogens is 500 g/mol. The molecule has 0 saturated carbocycles. The molecule has 3 atom stereocenters. The van der Waals surface area contributed by atoms with Gasteiger partial charge < -0.3 is 19.1 Å². The van der Waals surface area contributed by atoms with Gasteiger partial charge >= 0.3 is 0 Å². The van der Waals surface area contributed by atoms with E-state index in [-0.39, 0.29) is 30.1 Å². The minimum atomic E-state index is -3.83. The molecule has 2 aliphatic heterocycles. The second-order valence-corrected chi connectivity index (χ2v) is 11.8. The van der Waals surface area contributed by atoms with E-state index in [9.17, 15) is 8.42 Å². The maximum absolute atomic E-state index is 14.1. The van der Waals surface area contributed by atoms with Gasteiger partial charge in [-0.3, -0.25) is 0 Å². The molecule has 7 nitrogen and oxygen atoms in total. The zero-order chi connectivity index (χ0) is 26.5. The lowest BCUT2D eigenvalue weighted by atomic mass is 10.1. The number of nitrogens with zero attached hydrogens (tertiary/aromatic N) is 2. The summed E-state index contributed by atoms with van der Waals surface area (Å²) in [5.41, 5.74) is 2.94. The van der Waals surface area contributed by atoms with Crippen LogP contribution in [0.2, 0.25) is 0 Å². The van der Waals surface area contributed by atoms with E-state index in [0.29, 0.717) is 19.0 Å². The number of benzene rings is 3.